The second-order valence-corrected chi connectivity index (χ2v) is 4.09. The second-order valence-electron chi connectivity index (χ2n) is 4.09. The van der Waals surface area contributed by atoms with E-state index in [4.69, 9.17) is 4.42 Å². The van der Waals surface area contributed by atoms with E-state index in [9.17, 15) is 4.79 Å². The van der Waals surface area contributed by atoms with Crippen LogP contribution in [0.3, 0.4) is 0 Å². The van der Waals surface area contributed by atoms with Crippen molar-refractivity contribution in [2.45, 2.75) is 13.8 Å². The predicted octanol–water partition coefficient (Wildman–Crippen LogP) is 3.55. The average Bonchev–Trinajstić information content (AvgIpc) is 2.86. The first kappa shape index (κ1) is 12.2. The molecule has 0 aliphatic carbocycles. The Labute approximate surface area is 106 Å². The number of carbonyl (C=O) groups is 1. The molecular formula is C15H15NO2. The van der Waals surface area contributed by atoms with Gasteiger partial charge in [0, 0.05) is 11.8 Å². The highest BCUT2D eigenvalue weighted by molar-refractivity contribution is 6.02. The summed E-state index contributed by atoms with van der Waals surface area (Å²) in [5.74, 6) is 0.492. The van der Waals surface area contributed by atoms with Crippen LogP contribution in [-0.4, -0.2) is 5.91 Å². The van der Waals surface area contributed by atoms with Gasteiger partial charge in [-0.05, 0) is 49.2 Å². The van der Waals surface area contributed by atoms with E-state index in [0.29, 0.717) is 5.76 Å². The molecule has 0 atom stereocenters. The van der Waals surface area contributed by atoms with Gasteiger partial charge in [0.1, 0.15) is 5.76 Å². The Morgan fingerprint density at radius 1 is 1.22 bits per heavy atom. The zero-order valence-electron chi connectivity index (χ0n) is 10.4. The van der Waals surface area contributed by atoms with Gasteiger partial charge in [-0.2, -0.15) is 0 Å². The zero-order valence-corrected chi connectivity index (χ0v) is 10.4. The third-order valence-electron chi connectivity index (χ3n) is 2.80. The molecule has 92 valence electrons. The summed E-state index contributed by atoms with van der Waals surface area (Å²) in [6, 6.07) is 9.41. The number of benzene rings is 1. The van der Waals surface area contributed by atoms with Gasteiger partial charge in [0.05, 0.1) is 6.26 Å². The fourth-order valence-corrected chi connectivity index (χ4v) is 1.60. The van der Waals surface area contributed by atoms with Crippen LogP contribution in [0.2, 0.25) is 0 Å². The molecule has 0 spiro atoms. The molecule has 2 aromatic rings. The molecular weight excluding hydrogens is 226 g/mol. The monoisotopic (exact) mass is 241 g/mol. The van der Waals surface area contributed by atoms with Gasteiger partial charge >= 0.3 is 0 Å². The third-order valence-corrected chi connectivity index (χ3v) is 2.80. The van der Waals surface area contributed by atoms with Gasteiger partial charge in [-0.1, -0.05) is 12.1 Å². The van der Waals surface area contributed by atoms with Crippen molar-refractivity contribution >= 4 is 17.7 Å². The van der Waals surface area contributed by atoms with Crippen molar-refractivity contribution in [2.75, 3.05) is 5.32 Å². The lowest BCUT2D eigenvalue weighted by molar-refractivity contribution is -0.111. The average molecular weight is 241 g/mol. The maximum atomic E-state index is 11.7. The molecule has 0 saturated carbocycles. The normalized spacial score (nSPS) is 10.8. The largest absolute Gasteiger partial charge is 0.465 e. The Kier molecular flexibility index (Phi) is 3.63. The van der Waals surface area contributed by atoms with Crippen LogP contribution in [0, 0.1) is 13.8 Å². The van der Waals surface area contributed by atoms with Crippen LogP contribution in [0.1, 0.15) is 16.9 Å². The fraction of sp³-hybridized carbons (Fsp3) is 0.133. The van der Waals surface area contributed by atoms with Crippen molar-refractivity contribution in [2.24, 2.45) is 0 Å². The highest BCUT2D eigenvalue weighted by Crippen LogP contribution is 2.17. The van der Waals surface area contributed by atoms with E-state index in [1.165, 1.54) is 6.08 Å². The van der Waals surface area contributed by atoms with Crippen LogP contribution >= 0.6 is 0 Å². The SMILES string of the molecule is Cc1cccc(NC(=O)/C=C/c2ccco2)c1C. The van der Waals surface area contributed by atoms with Gasteiger partial charge in [-0.15, -0.1) is 0 Å². The first-order valence-corrected chi connectivity index (χ1v) is 5.75. The van der Waals surface area contributed by atoms with Gasteiger partial charge in [0.25, 0.3) is 0 Å². The fourth-order valence-electron chi connectivity index (χ4n) is 1.60. The topological polar surface area (TPSA) is 42.2 Å². The molecule has 18 heavy (non-hydrogen) atoms. The van der Waals surface area contributed by atoms with E-state index < -0.39 is 0 Å². The molecule has 1 heterocycles. The van der Waals surface area contributed by atoms with Crippen LogP contribution in [0.15, 0.2) is 47.1 Å². The molecule has 1 aromatic carbocycles. The number of amides is 1. The molecule has 0 saturated heterocycles. The van der Waals surface area contributed by atoms with Crippen LogP contribution in [0.5, 0.6) is 0 Å². The number of carbonyl (C=O) groups excluding carboxylic acids is 1. The number of anilines is 1. The summed E-state index contributed by atoms with van der Waals surface area (Å²) in [5, 5.41) is 2.85. The number of hydrogen-bond acceptors (Lipinski definition) is 2. The summed E-state index contributed by atoms with van der Waals surface area (Å²) in [4.78, 5) is 11.7. The van der Waals surface area contributed by atoms with Gasteiger partial charge in [-0.25, -0.2) is 0 Å². The van der Waals surface area contributed by atoms with E-state index in [1.807, 2.05) is 32.0 Å². The third kappa shape index (κ3) is 2.88. The molecule has 0 fully saturated rings. The Morgan fingerprint density at radius 3 is 2.78 bits per heavy atom. The van der Waals surface area contributed by atoms with Crippen molar-refractivity contribution < 1.29 is 9.21 Å². The number of furan rings is 1. The van der Waals surface area contributed by atoms with Crippen molar-refractivity contribution in [3.8, 4) is 0 Å². The van der Waals surface area contributed by atoms with Crippen LogP contribution in [0.25, 0.3) is 6.08 Å². The quantitative estimate of drug-likeness (QED) is 0.835. The molecule has 0 radical (unpaired) electrons. The van der Waals surface area contributed by atoms with Crippen LogP contribution in [-0.2, 0) is 4.79 Å². The summed E-state index contributed by atoms with van der Waals surface area (Å²) in [5.41, 5.74) is 3.07. The standard InChI is InChI=1S/C15H15NO2/c1-11-5-3-7-14(12(11)2)16-15(17)9-8-13-6-4-10-18-13/h3-10H,1-2H3,(H,16,17)/b9-8+. The summed E-state index contributed by atoms with van der Waals surface area (Å²) >= 11 is 0. The van der Waals surface area contributed by atoms with Crippen LogP contribution < -0.4 is 5.32 Å². The van der Waals surface area contributed by atoms with Gasteiger partial charge in [-0.3, -0.25) is 4.79 Å². The maximum Gasteiger partial charge on any atom is 0.248 e. The summed E-state index contributed by atoms with van der Waals surface area (Å²) in [7, 11) is 0. The summed E-state index contributed by atoms with van der Waals surface area (Å²) in [6.45, 7) is 4.00. The van der Waals surface area contributed by atoms with E-state index >= 15 is 0 Å². The summed E-state index contributed by atoms with van der Waals surface area (Å²) < 4.78 is 5.11. The first-order valence-electron chi connectivity index (χ1n) is 5.75. The van der Waals surface area contributed by atoms with E-state index in [2.05, 4.69) is 5.32 Å². The molecule has 0 aliphatic rings. The van der Waals surface area contributed by atoms with E-state index in [1.54, 1.807) is 24.5 Å². The Balaban J connectivity index is 2.05. The zero-order chi connectivity index (χ0) is 13.0. The highest BCUT2D eigenvalue weighted by Gasteiger charge is 2.03. The summed E-state index contributed by atoms with van der Waals surface area (Å²) in [6.07, 6.45) is 4.67. The number of hydrogen-bond donors (Lipinski definition) is 1. The molecule has 1 N–H and O–H groups in total. The molecule has 0 unspecified atom stereocenters. The van der Waals surface area contributed by atoms with Crippen molar-refractivity contribution in [3.63, 3.8) is 0 Å². The molecule has 0 aliphatic heterocycles. The Hall–Kier alpha value is -2.29. The molecule has 2 rings (SSSR count). The van der Waals surface area contributed by atoms with Gasteiger partial charge < -0.3 is 9.73 Å². The number of aryl methyl sites for hydroxylation is 1. The molecule has 0 bridgehead atoms. The van der Waals surface area contributed by atoms with E-state index in [0.717, 1.165) is 16.8 Å². The highest BCUT2D eigenvalue weighted by atomic mass is 16.3. The van der Waals surface area contributed by atoms with E-state index in [-0.39, 0.29) is 5.91 Å². The molecule has 1 aromatic heterocycles. The Bertz CT molecular complexity index is 568. The van der Waals surface area contributed by atoms with Crippen molar-refractivity contribution in [1.29, 1.82) is 0 Å². The molecule has 3 heteroatoms. The Morgan fingerprint density at radius 2 is 2.06 bits per heavy atom. The predicted molar refractivity (Wildman–Crippen MR) is 72.3 cm³/mol. The van der Waals surface area contributed by atoms with Crippen LogP contribution in [0.4, 0.5) is 5.69 Å². The number of nitrogens with one attached hydrogen (secondary N) is 1. The lowest BCUT2D eigenvalue weighted by Crippen LogP contribution is -2.09. The minimum Gasteiger partial charge on any atom is -0.465 e. The van der Waals surface area contributed by atoms with Crippen molar-refractivity contribution in [3.05, 3.63) is 59.6 Å². The second kappa shape index (κ2) is 5.36. The number of rotatable bonds is 3. The van der Waals surface area contributed by atoms with Gasteiger partial charge in [0.15, 0.2) is 0 Å². The minimum atomic E-state index is -0.167. The van der Waals surface area contributed by atoms with Gasteiger partial charge in [0.2, 0.25) is 5.91 Å². The minimum absolute atomic E-state index is 0.167. The first-order chi connectivity index (χ1) is 8.66. The molecule has 3 nitrogen and oxygen atoms in total. The lowest BCUT2D eigenvalue weighted by Gasteiger charge is -2.08. The maximum absolute atomic E-state index is 11.7. The lowest BCUT2D eigenvalue weighted by atomic mass is 10.1. The molecule has 1 amide bonds. The van der Waals surface area contributed by atoms with Crippen molar-refractivity contribution in [1.82, 2.24) is 0 Å². The smallest absolute Gasteiger partial charge is 0.248 e.